The number of aromatic nitrogens is 1. The smallest absolute Gasteiger partial charge is 0.257 e. The lowest BCUT2D eigenvalue weighted by Gasteiger charge is -2.27. The minimum Gasteiger partial charge on any atom is -0.497 e. The number of nitrogens with two attached hydrogens (primary N) is 1. The molecule has 0 saturated carbocycles. The summed E-state index contributed by atoms with van der Waals surface area (Å²) in [5.41, 5.74) is 14.4. The van der Waals surface area contributed by atoms with Crippen molar-refractivity contribution in [2.75, 3.05) is 33.9 Å². The quantitative estimate of drug-likeness (QED) is 0.0696. The van der Waals surface area contributed by atoms with Gasteiger partial charge in [0.25, 0.3) is 5.91 Å². The minimum atomic E-state index is -0.665. The molecule has 0 radical (unpaired) electrons. The highest BCUT2D eigenvalue weighted by Gasteiger charge is 2.27. The van der Waals surface area contributed by atoms with E-state index < -0.39 is 12.1 Å². The van der Waals surface area contributed by atoms with Gasteiger partial charge in [-0.15, -0.1) is 0 Å². The summed E-state index contributed by atoms with van der Waals surface area (Å²) in [6, 6.07) is 43.9. The summed E-state index contributed by atoms with van der Waals surface area (Å²) in [6.45, 7) is 2.66. The molecule has 10 nitrogen and oxygen atoms in total. The largest absolute Gasteiger partial charge is 0.497 e. The third-order valence-electron chi connectivity index (χ3n) is 9.83. The summed E-state index contributed by atoms with van der Waals surface area (Å²) in [6.07, 6.45) is 2.82. The molecule has 1 unspecified atom stereocenters. The number of methoxy groups -OCH3 is 2. The van der Waals surface area contributed by atoms with Crippen LogP contribution in [-0.4, -0.2) is 62.8 Å². The number of nitrogens with one attached hydrogen (secondary N) is 3. The summed E-state index contributed by atoms with van der Waals surface area (Å²) in [5, 5.41) is 9.54. The Bertz CT molecular complexity index is 2200. The first-order valence-electron chi connectivity index (χ1n) is 19.5. The normalized spacial score (nSPS) is 12.5. The Morgan fingerprint density at radius 1 is 0.707 bits per heavy atom. The zero-order valence-electron chi connectivity index (χ0n) is 33.2. The summed E-state index contributed by atoms with van der Waals surface area (Å²) < 4.78 is 17.0. The van der Waals surface area contributed by atoms with E-state index >= 15 is 0 Å². The number of hydrogen-bond donors (Lipinski definition) is 4. The van der Waals surface area contributed by atoms with Crippen molar-refractivity contribution in [1.29, 1.82) is 0 Å². The zero-order valence-corrected chi connectivity index (χ0v) is 33.2. The van der Waals surface area contributed by atoms with E-state index in [2.05, 4.69) is 52.3 Å². The van der Waals surface area contributed by atoms with Crippen molar-refractivity contribution in [2.24, 2.45) is 5.73 Å². The Balaban J connectivity index is 1.24. The Morgan fingerprint density at radius 3 is 2.00 bits per heavy atom. The summed E-state index contributed by atoms with van der Waals surface area (Å²) in [7, 11) is 3.18. The number of ether oxygens (including phenoxy) is 3. The van der Waals surface area contributed by atoms with Crippen molar-refractivity contribution in [3.8, 4) is 39.6 Å². The molecule has 0 saturated heterocycles. The van der Waals surface area contributed by atoms with Crippen LogP contribution in [0.15, 0.2) is 146 Å². The predicted molar refractivity (Wildman–Crippen MR) is 229 cm³/mol. The average molecular weight is 778 g/mol. The van der Waals surface area contributed by atoms with Crippen LogP contribution in [0.4, 0.5) is 0 Å². The first kappa shape index (κ1) is 41.2. The van der Waals surface area contributed by atoms with Gasteiger partial charge in [-0.1, -0.05) is 103 Å². The molecule has 10 heteroatoms. The second-order valence-corrected chi connectivity index (χ2v) is 14.0. The van der Waals surface area contributed by atoms with E-state index in [4.69, 9.17) is 24.9 Å². The molecular formula is C48H51N5O5. The zero-order chi connectivity index (χ0) is 40.7. The number of hydrogen-bond acceptors (Lipinski definition) is 8. The lowest BCUT2D eigenvalue weighted by atomic mass is 9.96. The molecule has 0 aliphatic rings. The van der Waals surface area contributed by atoms with Crippen LogP contribution in [0.5, 0.6) is 17.2 Å². The number of pyridine rings is 1. The van der Waals surface area contributed by atoms with Gasteiger partial charge < -0.3 is 35.9 Å². The molecule has 0 fully saturated rings. The Morgan fingerprint density at radius 2 is 1.36 bits per heavy atom. The maximum absolute atomic E-state index is 14.6. The standard InChI is InChI=1S/C48H51N5O5/c1-4-50-46(54)32-58-40-22-20-38(21-23-40)47(42-25-24-41(56-2)29-45(42)57-3)53-48(55)44(28-34-17-26-43(51-30-34)37-13-9-6-10-14-37)52-31-39(49)27-33-15-18-36(19-16-33)35-11-7-5-8-12-35/h5-26,29-30,39,44,47,52H,4,27-28,31-32,49H2,1-3H3,(H,50,54)(H,53,55)/t39-,44-,47?/m0/s1. The molecule has 58 heavy (non-hydrogen) atoms. The van der Waals surface area contributed by atoms with Crippen LogP contribution in [0.3, 0.4) is 0 Å². The highest BCUT2D eigenvalue weighted by atomic mass is 16.5. The van der Waals surface area contributed by atoms with E-state index in [-0.39, 0.29) is 24.5 Å². The summed E-state index contributed by atoms with van der Waals surface area (Å²) >= 11 is 0. The number of carbonyl (C=O) groups excluding carboxylic acids is 2. The van der Waals surface area contributed by atoms with Crippen LogP contribution in [-0.2, 0) is 22.4 Å². The Kier molecular flexibility index (Phi) is 14.6. The highest BCUT2D eigenvalue weighted by molar-refractivity contribution is 5.83. The van der Waals surface area contributed by atoms with E-state index in [0.717, 1.165) is 44.6 Å². The molecular weight excluding hydrogens is 727 g/mol. The molecule has 0 bridgehead atoms. The van der Waals surface area contributed by atoms with E-state index in [1.807, 2.05) is 98.0 Å². The maximum Gasteiger partial charge on any atom is 0.257 e. The van der Waals surface area contributed by atoms with E-state index in [9.17, 15) is 9.59 Å². The van der Waals surface area contributed by atoms with E-state index in [1.54, 1.807) is 32.4 Å². The van der Waals surface area contributed by atoms with Crippen molar-refractivity contribution >= 4 is 11.8 Å². The van der Waals surface area contributed by atoms with Crippen molar-refractivity contribution in [1.82, 2.24) is 20.9 Å². The van der Waals surface area contributed by atoms with Gasteiger partial charge in [-0.2, -0.15) is 0 Å². The molecule has 0 aliphatic carbocycles. The molecule has 6 rings (SSSR count). The minimum absolute atomic E-state index is 0.102. The molecule has 0 spiro atoms. The average Bonchev–Trinajstić information content (AvgIpc) is 3.27. The van der Waals surface area contributed by atoms with Gasteiger partial charge in [0.2, 0.25) is 5.91 Å². The van der Waals surface area contributed by atoms with E-state index in [0.29, 0.717) is 43.2 Å². The molecule has 1 aromatic heterocycles. The van der Waals surface area contributed by atoms with Gasteiger partial charge in [0, 0.05) is 42.5 Å². The second kappa shape index (κ2) is 20.6. The molecule has 5 N–H and O–H groups in total. The fourth-order valence-electron chi connectivity index (χ4n) is 6.74. The van der Waals surface area contributed by atoms with Crippen LogP contribution in [0.1, 0.15) is 35.2 Å². The number of amides is 2. The summed E-state index contributed by atoms with van der Waals surface area (Å²) in [4.78, 5) is 31.3. The molecule has 298 valence electrons. The fraction of sp³-hybridized carbons (Fsp3) is 0.229. The van der Waals surface area contributed by atoms with Gasteiger partial charge in [0.15, 0.2) is 6.61 Å². The highest BCUT2D eigenvalue weighted by Crippen LogP contribution is 2.34. The molecule has 1 heterocycles. The topological polar surface area (TPSA) is 137 Å². The first-order valence-corrected chi connectivity index (χ1v) is 19.5. The second-order valence-electron chi connectivity index (χ2n) is 14.0. The first-order chi connectivity index (χ1) is 28.3. The Hall–Kier alpha value is -6.49. The van der Waals surface area contributed by atoms with Gasteiger partial charge in [-0.25, -0.2) is 0 Å². The molecule has 2 amide bonds. The molecule has 5 aromatic carbocycles. The van der Waals surface area contributed by atoms with Crippen molar-refractivity contribution in [3.63, 3.8) is 0 Å². The third kappa shape index (κ3) is 11.3. The molecule has 0 aliphatic heterocycles. The molecule has 3 atom stereocenters. The van der Waals surface area contributed by atoms with Crippen LogP contribution < -0.4 is 35.9 Å². The SMILES string of the molecule is CCNC(=O)COc1ccc(C(NC(=O)[C@H](Cc2ccc(-c3ccccc3)nc2)NC[C@@H](N)Cc2ccc(-c3ccccc3)cc2)c2ccc(OC)cc2OC)cc1. The number of likely N-dealkylation sites (N-methyl/N-ethyl adjacent to an activating group) is 1. The predicted octanol–water partition coefficient (Wildman–Crippen LogP) is 6.92. The van der Waals surface area contributed by atoms with Gasteiger partial charge >= 0.3 is 0 Å². The van der Waals surface area contributed by atoms with Crippen LogP contribution in [0.25, 0.3) is 22.4 Å². The van der Waals surface area contributed by atoms with E-state index in [1.165, 1.54) is 0 Å². The van der Waals surface area contributed by atoms with Gasteiger partial charge in [-0.05, 0) is 77.9 Å². The monoisotopic (exact) mass is 777 g/mol. The van der Waals surface area contributed by atoms with Crippen LogP contribution in [0, 0.1) is 0 Å². The van der Waals surface area contributed by atoms with Crippen molar-refractivity contribution in [2.45, 2.75) is 37.9 Å². The van der Waals surface area contributed by atoms with Crippen LogP contribution in [0.2, 0.25) is 0 Å². The van der Waals surface area contributed by atoms with Gasteiger partial charge in [-0.3, -0.25) is 14.6 Å². The maximum atomic E-state index is 14.6. The Labute approximate surface area is 340 Å². The number of carbonyl (C=O) groups is 2. The third-order valence-corrected chi connectivity index (χ3v) is 9.83. The van der Waals surface area contributed by atoms with Crippen molar-refractivity contribution < 1.29 is 23.8 Å². The fourth-order valence-corrected chi connectivity index (χ4v) is 6.74. The summed E-state index contributed by atoms with van der Waals surface area (Å²) in [5.74, 6) is 1.26. The number of nitrogens with zero attached hydrogens (tertiary/aromatic N) is 1. The number of benzene rings is 5. The lowest BCUT2D eigenvalue weighted by Crippen LogP contribution is -2.50. The van der Waals surface area contributed by atoms with Crippen LogP contribution >= 0.6 is 0 Å². The number of rotatable bonds is 19. The van der Waals surface area contributed by atoms with Gasteiger partial charge in [0.1, 0.15) is 17.2 Å². The van der Waals surface area contributed by atoms with Gasteiger partial charge in [0.05, 0.1) is 32.0 Å². The van der Waals surface area contributed by atoms with Crippen molar-refractivity contribution in [3.05, 3.63) is 168 Å². The lowest BCUT2D eigenvalue weighted by molar-refractivity contribution is -0.124. The molecule has 6 aromatic rings.